The van der Waals surface area contributed by atoms with E-state index >= 15 is 0 Å². The minimum atomic E-state index is -0.438. The first-order valence-corrected chi connectivity index (χ1v) is 4.93. The van der Waals surface area contributed by atoms with Gasteiger partial charge in [-0.05, 0) is 25.8 Å². The highest BCUT2D eigenvalue weighted by Crippen LogP contribution is 2.01. The molecule has 1 amide bonds. The zero-order valence-corrected chi connectivity index (χ0v) is 9.21. The minimum Gasteiger partial charge on any atom is -0.404 e. The Kier molecular flexibility index (Phi) is 5.95. The highest BCUT2D eigenvalue weighted by Gasteiger charge is 2.07. The molecule has 0 radical (unpaired) electrons. The molecule has 14 heavy (non-hydrogen) atoms. The molecule has 4 heteroatoms. The van der Waals surface area contributed by atoms with Gasteiger partial charge in [0, 0.05) is 17.8 Å². The molecule has 0 rings (SSSR count). The van der Waals surface area contributed by atoms with Crippen LogP contribution in [0.2, 0.25) is 0 Å². The lowest BCUT2D eigenvalue weighted by molar-refractivity contribution is -0.114. The fourth-order valence-corrected chi connectivity index (χ4v) is 0.959. The van der Waals surface area contributed by atoms with E-state index in [9.17, 15) is 4.79 Å². The summed E-state index contributed by atoms with van der Waals surface area (Å²) in [6.07, 6.45) is 1.87. The maximum atomic E-state index is 10.8. The highest BCUT2D eigenvalue weighted by molar-refractivity contribution is 5.91. The predicted molar refractivity (Wildman–Crippen MR) is 58.4 cm³/mol. The van der Waals surface area contributed by atoms with Gasteiger partial charge < -0.3 is 16.8 Å². The van der Waals surface area contributed by atoms with Crippen molar-refractivity contribution >= 4 is 5.91 Å². The van der Waals surface area contributed by atoms with Crippen LogP contribution in [0.25, 0.3) is 0 Å². The topological polar surface area (TPSA) is 81.1 Å². The standard InChI is InChI=1S/C10H21N3O/c1-7(2)8(3)13-5-4-9(6-11)10(12)14/h6-8,13H,4-5,11H2,1-3H3,(H2,12,14). The normalized spacial score (nSPS) is 14.4. The van der Waals surface area contributed by atoms with Crippen molar-refractivity contribution in [3.8, 4) is 0 Å². The molecule has 4 nitrogen and oxygen atoms in total. The second-order valence-electron chi connectivity index (χ2n) is 3.79. The van der Waals surface area contributed by atoms with E-state index < -0.39 is 5.91 Å². The SMILES string of the molecule is CC(C)C(C)NCCC(=CN)C(N)=O. The summed E-state index contributed by atoms with van der Waals surface area (Å²) in [5.41, 5.74) is 10.8. The zero-order valence-electron chi connectivity index (χ0n) is 9.21. The molecular formula is C10H21N3O. The maximum absolute atomic E-state index is 10.8. The average molecular weight is 199 g/mol. The first-order chi connectivity index (χ1) is 6.49. The molecule has 0 aromatic heterocycles. The molecule has 0 aliphatic heterocycles. The van der Waals surface area contributed by atoms with Gasteiger partial charge in [-0.15, -0.1) is 0 Å². The van der Waals surface area contributed by atoms with Gasteiger partial charge in [-0.1, -0.05) is 13.8 Å². The van der Waals surface area contributed by atoms with Gasteiger partial charge in [0.15, 0.2) is 0 Å². The van der Waals surface area contributed by atoms with Crippen molar-refractivity contribution in [2.75, 3.05) is 6.54 Å². The molecule has 0 heterocycles. The first kappa shape index (κ1) is 13.0. The Labute approximate surface area is 85.7 Å². The van der Waals surface area contributed by atoms with E-state index in [0.29, 0.717) is 24.0 Å². The Balaban J connectivity index is 3.79. The van der Waals surface area contributed by atoms with Crippen molar-refractivity contribution in [2.24, 2.45) is 17.4 Å². The van der Waals surface area contributed by atoms with Crippen molar-refractivity contribution in [3.63, 3.8) is 0 Å². The van der Waals surface area contributed by atoms with Crippen LogP contribution in [0.4, 0.5) is 0 Å². The Bertz CT molecular complexity index is 211. The molecule has 0 aliphatic carbocycles. The van der Waals surface area contributed by atoms with Crippen LogP contribution in [0.3, 0.4) is 0 Å². The summed E-state index contributed by atoms with van der Waals surface area (Å²) in [6, 6.07) is 0.432. The van der Waals surface area contributed by atoms with Crippen molar-refractivity contribution < 1.29 is 4.79 Å². The van der Waals surface area contributed by atoms with Crippen LogP contribution < -0.4 is 16.8 Å². The molecular weight excluding hydrogens is 178 g/mol. The molecule has 0 bridgehead atoms. The fourth-order valence-electron chi connectivity index (χ4n) is 0.959. The Morgan fingerprint density at radius 3 is 2.36 bits per heavy atom. The Hall–Kier alpha value is -1.03. The van der Waals surface area contributed by atoms with Crippen LogP contribution in [0.1, 0.15) is 27.2 Å². The maximum Gasteiger partial charge on any atom is 0.246 e. The largest absolute Gasteiger partial charge is 0.404 e. The molecule has 0 saturated carbocycles. The van der Waals surface area contributed by atoms with E-state index in [1.165, 1.54) is 6.20 Å². The molecule has 0 saturated heterocycles. The summed E-state index contributed by atoms with van der Waals surface area (Å²) in [5.74, 6) is 0.139. The van der Waals surface area contributed by atoms with Crippen molar-refractivity contribution in [1.82, 2.24) is 5.32 Å². The smallest absolute Gasteiger partial charge is 0.246 e. The molecule has 82 valence electrons. The molecule has 0 aromatic rings. The summed E-state index contributed by atoms with van der Waals surface area (Å²) in [4.78, 5) is 10.8. The van der Waals surface area contributed by atoms with Crippen molar-refractivity contribution in [3.05, 3.63) is 11.8 Å². The lowest BCUT2D eigenvalue weighted by Crippen LogP contribution is -2.32. The van der Waals surface area contributed by atoms with E-state index in [4.69, 9.17) is 11.5 Å². The van der Waals surface area contributed by atoms with E-state index in [2.05, 4.69) is 26.1 Å². The molecule has 0 aliphatic rings. The van der Waals surface area contributed by atoms with E-state index in [0.717, 1.165) is 6.54 Å². The molecule has 1 atom stereocenters. The van der Waals surface area contributed by atoms with Gasteiger partial charge in [-0.25, -0.2) is 0 Å². The van der Waals surface area contributed by atoms with Crippen LogP contribution in [-0.2, 0) is 4.79 Å². The van der Waals surface area contributed by atoms with Gasteiger partial charge in [0.05, 0.1) is 0 Å². The van der Waals surface area contributed by atoms with Crippen LogP contribution in [0, 0.1) is 5.92 Å². The fraction of sp³-hybridized carbons (Fsp3) is 0.700. The summed E-state index contributed by atoms with van der Waals surface area (Å²) in [7, 11) is 0. The monoisotopic (exact) mass is 199 g/mol. The number of carbonyl (C=O) groups excluding carboxylic acids is 1. The minimum absolute atomic E-state index is 0.432. The summed E-state index contributed by atoms with van der Waals surface area (Å²) < 4.78 is 0. The van der Waals surface area contributed by atoms with Gasteiger partial charge >= 0.3 is 0 Å². The van der Waals surface area contributed by atoms with E-state index in [1.807, 2.05) is 0 Å². The number of carbonyl (C=O) groups is 1. The predicted octanol–water partition coefficient (Wildman–Crippen LogP) is 0.339. The molecule has 0 aromatic carbocycles. The summed E-state index contributed by atoms with van der Waals surface area (Å²) in [6.45, 7) is 7.13. The molecule has 1 unspecified atom stereocenters. The van der Waals surface area contributed by atoms with Crippen molar-refractivity contribution in [2.45, 2.75) is 33.2 Å². The number of hydrogen-bond donors (Lipinski definition) is 3. The van der Waals surface area contributed by atoms with E-state index in [-0.39, 0.29) is 0 Å². The summed E-state index contributed by atoms with van der Waals surface area (Å²) in [5, 5.41) is 3.30. The average Bonchev–Trinajstić information content (AvgIpc) is 2.11. The van der Waals surface area contributed by atoms with Gasteiger partial charge in [0.1, 0.15) is 0 Å². The van der Waals surface area contributed by atoms with Crippen LogP contribution in [0.15, 0.2) is 11.8 Å². The number of primary amides is 1. The number of hydrogen-bond acceptors (Lipinski definition) is 3. The lowest BCUT2D eigenvalue weighted by Gasteiger charge is -2.17. The molecule has 0 fully saturated rings. The molecule has 5 N–H and O–H groups in total. The van der Waals surface area contributed by atoms with Crippen LogP contribution in [0.5, 0.6) is 0 Å². The summed E-state index contributed by atoms with van der Waals surface area (Å²) >= 11 is 0. The number of nitrogens with two attached hydrogens (primary N) is 2. The second-order valence-corrected chi connectivity index (χ2v) is 3.79. The van der Waals surface area contributed by atoms with Gasteiger partial charge in [0.2, 0.25) is 5.91 Å². The lowest BCUT2D eigenvalue weighted by atomic mass is 10.1. The number of amides is 1. The van der Waals surface area contributed by atoms with Crippen molar-refractivity contribution in [1.29, 1.82) is 0 Å². The molecule has 0 spiro atoms. The van der Waals surface area contributed by atoms with Crippen LogP contribution >= 0.6 is 0 Å². The Morgan fingerprint density at radius 1 is 1.43 bits per heavy atom. The quantitative estimate of drug-likeness (QED) is 0.539. The second kappa shape index (κ2) is 6.43. The van der Waals surface area contributed by atoms with Crippen LogP contribution in [-0.4, -0.2) is 18.5 Å². The third-order valence-corrected chi connectivity index (χ3v) is 2.38. The van der Waals surface area contributed by atoms with Gasteiger partial charge in [0.25, 0.3) is 0 Å². The van der Waals surface area contributed by atoms with Gasteiger partial charge in [-0.3, -0.25) is 4.79 Å². The van der Waals surface area contributed by atoms with Gasteiger partial charge in [-0.2, -0.15) is 0 Å². The Morgan fingerprint density at radius 2 is 2.00 bits per heavy atom. The number of rotatable bonds is 6. The first-order valence-electron chi connectivity index (χ1n) is 4.93. The third kappa shape index (κ3) is 4.87. The highest BCUT2D eigenvalue weighted by atomic mass is 16.1. The zero-order chi connectivity index (χ0) is 11.1. The van der Waals surface area contributed by atoms with E-state index in [1.54, 1.807) is 0 Å². The third-order valence-electron chi connectivity index (χ3n) is 2.38. The number of nitrogens with one attached hydrogen (secondary N) is 1.